The molecular weight excluding hydrogens is 196 g/mol. The van der Waals surface area contributed by atoms with E-state index in [2.05, 4.69) is 45.0 Å². The predicted molar refractivity (Wildman–Crippen MR) is 68.2 cm³/mol. The van der Waals surface area contributed by atoms with Crippen molar-refractivity contribution in [1.82, 2.24) is 0 Å². The lowest BCUT2D eigenvalue weighted by molar-refractivity contribution is 0.112. The molecule has 0 aromatic heterocycles. The van der Waals surface area contributed by atoms with E-state index in [0.717, 1.165) is 17.2 Å². The van der Waals surface area contributed by atoms with E-state index in [-0.39, 0.29) is 0 Å². The first-order valence-electron chi connectivity index (χ1n) is 5.62. The number of carbonyl (C=O) groups is 1. The van der Waals surface area contributed by atoms with Gasteiger partial charge in [-0.25, -0.2) is 0 Å². The molecule has 0 bridgehead atoms. The normalized spacial score (nSPS) is 11.0. The Morgan fingerprint density at radius 3 is 2.44 bits per heavy atom. The molecule has 0 saturated heterocycles. The minimum atomic E-state index is 0.478. The second kappa shape index (κ2) is 4.09. The molecule has 82 valence electrons. The summed E-state index contributed by atoms with van der Waals surface area (Å²) in [7, 11) is 0. The summed E-state index contributed by atoms with van der Waals surface area (Å²) in [6.07, 6.45) is 0.936. The summed E-state index contributed by atoms with van der Waals surface area (Å²) in [5, 5.41) is 2.27. The van der Waals surface area contributed by atoms with Crippen molar-refractivity contribution in [2.75, 3.05) is 0 Å². The third-order valence-electron chi connectivity index (χ3n) is 2.99. The Kier molecular flexibility index (Phi) is 2.78. The minimum Gasteiger partial charge on any atom is -0.298 e. The second-order valence-electron chi connectivity index (χ2n) is 4.57. The molecule has 0 heterocycles. The molecule has 0 unspecified atom stereocenters. The molecule has 2 aromatic carbocycles. The minimum absolute atomic E-state index is 0.478. The third kappa shape index (κ3) is 1.73. The van der Waals surface area contributed by atoms with E-state index in [0.29, 0.717) is 5.92 Å². The summed E-state index contributed by atoms with van der Waals surface area (Å²) in [6.45, 7) is 6.40. The van der Waals surface area contributed by atoms with Crippen LogP contribution in [0.15, 0.2) is 30.3 Å². The molecule has 0 aliphatic rings. The van der Waals surface area contributed by atoms with Gasteiger partial charge in [-0.2, -0.15) is 0 Å². The maximum atomic E-state index is 11.0. The van der Waals surface area contributed by atoms with Gasteiger partial charge in [-0.15, -0.1) is 0 Å². The van der Waals surface area contributed by atoms with Gasteiger partial charge in [0.25, 0.3) is 0 Å². The number of aldehydes is 1. The van der Waals surface area contributed by atoms with Crippen molar-refractivity contribution >= 4 is 17.1 Å². The first kappa shape index (κ1) is 10.9. The number of aryl methyl sites for hydroxylation is 1. The molecular formula is C15H16O. The summed E-state index contributed by atoms with van der Waals surface area (Å²) in [5.41, 5.74) is 3.28. The van der Waals surface area contributed by atoms with Crippen molar-refractivity contribution in [3.8, 4) is 0 Å². The Morgan fingerprint density at radius 1 is 1.06 bits per heavy atom. The van der Waals surface area contributed by atoms with Crippen LogP contribution in [0.3, 0.4) is 0 Å². The molecule has 0 saturated carbocycles. The number of benzene rings is 2. The zero-order chi connectivity index (χ0) is 11.7. The van der Waals surface area contributed by atoms with Crippen LogP contribution in [0.25, 0.3) is 10.8 Å². The highest BCUT2D eigenvalue weighted by atomic mass is 16.1. The van der Waals surface area contributed by atoms with Gasteiger partial charge < -0.3 is 0 Å². The van der Waals surface area contributed by atoms with Crippen molar-refractivity contribution in [3.63, 3.8) is 0 Å². The summed E-state index contributed by atoms with van der Waals surface area (Å²) in [5.74, 6) is 0.478. The molecule has 0 aliphatic heterocycles. The SMILES string of the molecule is Cc1ccc2c(C(C)C)ccc(C=O)c2c1. The lowest BCUT2D eigenvalue weighted by Crippen LogP contribution is -1.93. The summed E-state index contributed by atoms with van der Waals surface area (Å²) >= 11 is 0. The number of fused-ring (bicyclic) bond motifs is 1. The number of hydrogen-bond acceptors (Lipinski definition) is 1. The van der Waals surface area contributed by atoms with Crippen LogP contribution >= 0.6 is 0 Å². The van der Waals surface area contributed by atoms with Crippen molar-refractivity contribution in [2.24, 2.45) is 0 Å². The fourth-order valence-electron chi connectivity index (χ4n) is 2.11. The van der Waals surface area contributed by atoms with Gasteiger partial charge in [-0.1, -0.05) is 49.7 Å². The zero-order valence-electron chi connectivity index (χ0n) is 9.95. The second-order valence-corrected chi connectivity index (χ2v) is 4.57. The van der Waals surface area contributed by atoms with Gasteiger partial charge in [-0.05, 0) is 29.2 Å². The Morgan fingerprint density at radius 2 is 1.81 bits per heavy atom. The lowest BCUT2D eigenvalue weighted by atomic mass is 9.93. The Hall–Kier alpha value is -1.63. The number of carbonyl (C=O) groups excluding carboxylic acids is 1. The maximum absolute atomic E-state index is 11.0. The van der Waals surface area contributed by atoms with Crippen molar-refractivity contribution < 1.29 is 4.79 Å². The van der Waals surface area contributed by atoms with Crippen LogP contribution in [0.4, 0.5) is 0 Å². The number of hydrogen-bond donors (Lipinski definition) is 0. The molecule has 0 N–H and O–H groups in total. The molecule has 0 fully saturated rings. The van der Waals surface area contributed by atoms with Gasteiger partial charge in [0.15, 0.2) is 6.29 Å². The highest BCUT2D eigenvalue weighted by molar-refractivity contribution is 6.00. The van der Waals surface area contributed by atoms with E-state index >= 15 is 0 Å². The largest absolute Gasteiger partial charge is 0.298 e. The fourth-order valence-corrected chi connectivity index (χ4v) is 2.11. The molecule has 1 nitrogen and oxygen atoms in total. The van der Waals surface area contributed by atoms with Crippen LogP contribution in [-0.2, 0) is 0 Å². The van der Waals surface area contributed by atoms with Gasteiger partial charge >= 0.3 is 0 Å². The van der Waals surface area contributed by atoms with E-state index in [1.54, 1.807) is 0 Å². The highest BCUT2D eigenvalue weighted by Gasteiger charge is 2.08. The number of rotatable bonds is 2. The maximum Gasteiger partial charge on any atom is 0.150 e. The van der Waals surface area contributed by atoms with Crippen LogP contribution in [0.1, 0.15) is 41.3 Å². The predicted octanol–water partition coefficient (Wildman–Crippen LogP) is 4.08. The van der Waals surface area contributed by atoms with Gasteiger partial charge in [0.2, 0.25) is 0 Å². The average Bonchev–Trinajstić information content (AvgIpc) is 2.27. The summed E-state index contributed by atoms with van der Waals surface area (Å²) in [6, 6.07) is 10.3. The zero-order valence-corrected chi connectivity index (χ0v) is 9.95. The molecule has 2 rings (SSSR count). The first-order chi connectivity index (χ1) is 7.63. The topological polar surface area (TPSA) is 17.1 Å². The van der Waals surface area contributed by atoms with Gasteiger partial charge in [-0.3, -0.25) is 4.79 Å². The summed E-state index contributed by atoms with van der Waals surface area (Å²) < 4.78 is 0. The monoisotopic (exact) mass is 212 g/mol. The van der Waals surface area contributed by atoms with Gasteiger partial charge in [0.1, 0.15) is 0 Å². The molecule has 0 atom stereocenters. The van der Waals surface area contributed by atoms with E-state index in [1.807, 2.05) is 6.07 Å². The van der Waals surface area contributed by atoms with Gasteiger partial charge in [0.05, 0.1) is 0 Å². The Bertz CT molecular complexity index is 538. The molecule has 0 spiro atoms. The van der Waals surface area contributed by atoms with E-state index in [4.69, 9.17) is 0 Å². The van der Waals surface area contributed by atoms with Crippen molar-refractivity contribution in [3.05, 3.63) is 47.0 Å². The quantitative estimate of drug-likeness (QED) is 0.685. The van der Waals surface area contributed by atoms with Crippen molar-refractivity contribution in [2.45, 2.75) is 26.7 Å². The third-order valence-corrected chi connectivity index (χ3v) is 2.99. The van der Waals surface area contributed by atoms with Crippen LogP contribution in [0.2, 0.25) is 0 Å². The smallest absolute Gasteiger partial charge is 0.150 e. The molecule has 1 heteroatoms. The average molecular weight is 212 g/mol. The van der Waals surface area contributed by atoms with Crippen LogP contribution in [0, 0.1) is 6.92 Å². The van der Waals surface area contributed by atoms with E-state index < -0.39 is 0 Å². The molecule has 0 aliphatic carbocycles. The molecule has 16 heavy (non-hydrogen) atoms. The molecule has 0 radical (unpaired) electrons. The van der Waals surface area contributed by atoms with Crippen LogP contribution in [0.5, 0.6) is 0 Å². The first-order valence-corrected chi connectivity index (χ1v) is 5.62. The fraction of sp³-hybridized carbons (Fsp3) is 0.267. The van der Waals surface area contributed by atoms with E-state index in [9.17, 15) is 4.79 Å². The lowest BCUT2D eigenvalue weighted by Gasteiger charge is -2.12. The molecule has 2 aromatic rings. The van der Waals surface area contributed by atoms with Crippen LogP contribution < -0.4 is 0 Å². The van der Waals surface area contributed by atoms with Gasteiger partial charge in [0, 0.05) is 5.56 Å². The Labute approximate surface area is 96.1 Å². The van der Waals surface area contributed by atoms with E-state index in [1.165, 1.54) is 16.5 Å². The Balaban J connectivity index is 2.85. The molecule has 0 amide bonds. The summed E-state index contributed by atoms with van der Waals surface area (Å²) in [4.78, 5) is 11.0. The van der Waals surface area contributed by atoms with Crippen LogP contribution in [-0.4, -0.2) is 6.29 Å². The standard InChI is InChI=1S/C15H16O/c1-10(2)13-7-5-12(9-16)15-8-11(3)4-6-14(13)15/h4-10H,1-3H3. The highest BCUT2D eigenvalue weighted by Crippen LogP contribution is 2.28. The van der Waals surface area contributed by atoms with Crippen molar-refractivity contribution in [1.29, 1.82) is 0 Å².